The number of carbonyl (C=O) groups excluding carboxylic acids is 2. The van der Waals surface area contributed by atoms with Gasteiger partial charge in [0.25, 0.3) is 0 Å². The average molecular weight is 448 g/mol. The van der Waals surface area contributed by atoms with Crippen molar-refractivity contribution in [2.45, 2.75) is 45.3 Å². The van der Waals surface area contributed by atoms with Crippen LogP contribution in [0.25, 0.3) is 0 Å². The molecule has 0 saturated carbocycles. The zero-order valence-electron chi connectivity index (χ0n) is 18.0. The van der Waals surface area contributed by atoms with Gasteiger partial charge in [-0.05, 0) is 67.5 Å². The molecule has 0 aromatic heterocycles. The van der Waals surface area contributed by atoms with E-state index in [4.69, 9.17) is 0 Å². The molecule has 172 valence electrons. The molecule has 0 unspecified atom stereocenters. The van der Waals surface area contributed by atoms with Crippen molar-refractivity contribution in [3.05, 3.63) is 65.2 Å². The number of hydrogen-bond acceptors (Lipinski definition) is 2. The molecule has 0 spiro atoms. The molecule has 1 atom stereocenters. The molecule has 2 N–H and O–H groups in total. The smallest absolute Gasteiger partial charge is 0.352 e. The van der Waals surface area contributed by atoms with Crippen molar-refractivity contribution in [3.8, 4) is 0 Å². The molecule has 1 fully saturated rings. The number of rotatable bonds is 6. The van der Waals surface area contributed by atoms with Gasteiger partial charge >= 0.3 is 12.2 Å². The summed E-state index contributed by atoms with van der Waals surface area (Å²) in [6.45, 7) is 3.44. The lowest BCUT2D eigenvalue weighted by molar-refractivity contribution is -0.137. The van der Waals surface area contributed by atoms with Crippen LogP contribution in [0.4, 0.5) is 23.7 Å². The predicted molar refractivity (Wildman–Crippen MR) is 117 cm³/mol. The second-order valence-corrected chi connectivity index (χ2v) is 8.26. The minimum absolute atomic E-state index is 0.132. The van der Waals surface area contributed by atoms with Crippen LogP contribution < -0.4 is 10.6 Å². The highest BCUT2D eigenvalue weighted by atomic mass is 19.4. The van der Waals surface area contributed by atoms with Gasteiger partial charge in [-0.3, -0.25) is 4.79 Å². The summed E-state index contributed by atoms with van der Waals surface area (Å²) >= 11 is 0. The summed E-state index contributed by atoms with van der Waals surface area (Å²) in [5, 5.41) is 5.68. The SMILES string of the molecule is Cc1cccc(NC(=O)N2CCC[C@@H](CCC(=O)NCc3ccc(C(F)(F)F)cc3)C2)c1. The molecule has 3 amide bonds. The average Bonchev–Trinajstić information content (AvgIpc) is 2.76. The number of hydrogen-bond donors (Lipinski definition) is 2. The van der Waals surface area contributed by atoms with Crippen molar-refractivity contribution < 1.29 is 22.8 Å². The first-order chi connectivity index (χ1) is 15.2. The van der Waals surface area contributed by atoms with E-state index in [0.717, 1.165) is 36.2 Å². The summed E-state index contributed by atoms with van der Waals surface area (Å²) in [7, 11) is 0. The largest absolute Gasteiger partial charge is 0.416 e. The number of benzene rings is 2. The van der Waals surface area contributed by atoms with Gasteiger partial charge in [-0.1, -0.05) is 24.3 Å². The highest BCUT2D eigenvalue weighted by Crippen LogP contribution is 2.29. The number of piperidine rings is 1. The molecular formula is C24H28F3N3O2. The van der Waals surface area contributed by atoms with Crippen LogP contribution in [-0.4, -0.2) is 29.9 Å². The molecule has 5 nitrogen and oxygen atoms in total. The molecule has 0 aliphatic carbocycles. The number of carbonyl (C=O) groups is 2. The highest BCUT2D eigenvalue weighted by Gasteiger charge is 2.30. The second-order valence-electron chi connectivity index (χ2n) is 8.26. The molecule has 0 bridgehead atoms. The van der Waals surface area contributed by atoms with Crippen molar-refractivity contribution in [1.82, 2.24) is 10.2 Å². The zero-order valence-corrected chi connectivity index (χ0v) is 18.0. The third-order valence-corrected chi connectivity index (χ3v) is 5.63. The number of aryl methyl sites for hydroxylation is 1. The molecule has 1 aliphatic heterocycles. The zero-order chi connectivity index (χ0) is 23.1. The fraction of sp³-hybridized carbons (Fsp3) is 0.417. The quantitative estimate of drug-likeness (QED) is 0.627. The topological polar surface area (TPSA) is 61.4 Å². The highest BCUT2D eigenvalue weighted by molar-refractivity contribution is 5.89. The van der Waals surface area contributed by atoms with Gasteiger partial charge in [-0.25, -0.2) is 4.79 Å². The van der Waals surface area contributed by atoms with Gasteiger partial charge < -0.3 is 15.5 Å². The first-order valence-corrected chi connectivity index (χ1v) is 10.8. The summed E-state index contributed by atoms with van der Waals surface area (Å²) in [6, 6.07) is 12.3. The molecule has 8 heteroatoms. The summed E-state index contributed by atoms with van der Waals surface area (Å²) in [5.74, 6) is 0.0927. The van der Waals surface area contributed by atoms with Crippen molar-refractivity contribution in [3.63, 3.8) is 0 Å². The molecule has 1 aliphatic rings. The minimum Gasteiger partial charge on any atom is -0.352 e. The lowest BCUT2D eigenvalue weighted by Gasteiger charge is -2.32. The van der Waals surface area contributed by atoms with Crippen LogP contribution >= 0.6 is 0 Å². The maximum Gasteiger partial charge on any atom is 0.416 e. The van der Waals surface area contributed by atoms with Gasteiger partial charge in [-0.2, -0.15) is 13.2 Å². The Morgan fingerprint density at radius 3 is 2.56 bits per heavy atom. The second kappa shape index (κ2) is 10.5. The molecule has 0 radical (unpaired) electrons. The maximum absolute atomic E-state index is 12.6. The molecule has 1 heterocycles. The van der Waals surface area contributed by atoms with Crippen LogP contribution in [0.15, 0.2) is 48.5 Å². The van der Waals surface area contributed by atoms with Crippen LogP contribution in [-0.2, 0) is 17.5 Å². The van der Waals surface area contributed by atoms with Crippen LogP contribution in [0.5, 0.6) is 0 Å². The van der Waals surface area contributed by atoms with Crippen LogP contribution in [0, 0.1) is 12.8 Å². The Morgan fingerprint density at radius 1 is 1.12 bits per heavy atom. The van der Waals surface area contributed by atoms with Gasteiger partial charge in [0, 0.05) is 31.7 Å². The van der Waals surface area contributed by atoms with Crippen LogP contribution in [0.3, 0.4) is 0 Å². The Labute approximate surface area is 186 Å². The Kier molecular flexibility index (Phi) is 7.77. The molecule has 2 aromatic carbocycles. The van der Waals surface area contributed by atoms with E-state index in [9.17, 15) is 22.8 Å². The van der Waals surface area contributed by atoms with E-state index in [0.29, 0.717) is 31.5 Å². The number of halogens is 3. The van der Waals surface area contributed by atoms with E-state index in [1.165, 1.54) is 12.1 Å². The monoisotopic (exact) mass is 447 g/mol. The molecule has 32 heavy (non-hydrogen) atoms. The molecule has 1 saturated heterocycles. The van der Waals surface area contributed by atoms with E-state index in [1.54, 1.807) is 4.90 Å². The number of likely N-dealkylation sites (tertiary alicyclic amines) is 1. The summed E-state index contributed by atoms with van der Waals surface area (Å²) in [6.07, 6.45) is -1.54. The van der Waals surface area contributed by atoms with Crippen molar-refractivity contribution in [2.75, 3.05) is 18.4 Å². The first kappa shape index (κ1) is 23.6. The van der Waals surface area contributed by atoms with Gasteiger partial charge in [0.1, 0.15) is 0 Å². The van der Waals surface area contributed by atoms with Crippen LogP contribution in [0.1, 0.15) is 42.4 Å². The third kappa shape index (κ3) is 7.00. The molecule has 3 rings (SSSR count). The normalized spacial score (nSPS) is 16.5. The van der Waals surface area contributed by atoms with Crippen LogP contribution in [0.2, 0.25) is 0 Å². The fourth-order valence-corrected chi connectivity index (χ4v) is 3.85. The fourth-order valence-electron chi connectivity index (χ4n) is 3.85. The van der Waals surface area contributed by atoms with Gasteiger partial charge in [0.15, 0.2) is 0 Å². The molecular weight excluding hydrogens is 419 g/mol. The van der Waals surface area contributed by atoms with Crippen molar-refractivity contribution in [2.24, 2.45) is 5.92 Å². The van der Waals surface area contributed by atoms with Gasteiger partial charge in [0.2, 0.25) is 5.91 Å². The number of alkyl halides is 3. The first-order valence-electron chi connectivity index (χ1n) is 10.8. The Morgan fingerprint density at radius 2 is 1.88 bits per heavy atom. The Bertz CT molecular complexity index is 929. The summed E-state index contributed by atoms with van der Waals surface area (Å²) in [4.78, 5) is 26.6. The van der Waals surface area contributed by atoms with Gasteiger partial charge in [0.05, 0.1) is 5.56 Å². The van der Waals surface area contributed by atoms with Gasteiger partial charge in [-0.15, -0.1) is 0 Å². The number of anilines is 1. The summed E-state index contributed by atoms with van der Waals surface area (Å²) < 4.78 is 37.8. The number of urea groups is 1. The lowest BCUT2D eigenvalue weighted by atomic mass is 9.93. The molecule has 2 aromatic rings. The number of nitrogens with zero attached hydrogens (tertiary/aromatic N) is 1. The number of amides is 3. The van der Waals surface area contributed by atoms with E-state index in [2.05, 4.69) is 10.6 Å². The predicted octanol–water partition coefficient (Wildman–Crippen LogP) is 5.35. The van der Waals surface area contributed by atoms with E-state index < -0.39 is 11.7 Å². The standard InChI is InChI=1S/C24H28F3N3O2/c1-17-4-2-6-21(14-17)29-23(32)30-13-3-5-19(16-30)9-12-22(31)28-15-18-7-10-20(11-8-18)24(25,26)27/h2,4,6-8,10-11,14,19H,3,5,9,12-13,15-16H2,1H3,(H,28,31)(H,29,32)/t19-/m0/s1. The Hall–Kier alpha value is -3.03. The lowest BCUT2D eigenvalue weighted by Crippen LogP contribution is -2.42. The summed E-state index contributed by atoms with van der Waals surface area (Å²) in [5.41, 5.74) is 1.74. The maximum atomic E-state index is 12.6. The van der Waals surface area contributed by atoms with E-state index in [1.807, 2.05) is 31.2 Å². The number of nitrogens with one attached hydrogen (secondary N) is 2. The van der Waals surface area contributed by atoms with Crippen molar-refractivity contribution in [1.29, 1.82) is 0 Å². The van der Waals surface area contributed by atoms with E-state index in [-0.39, 0.29) is 24.4 Å². The van der Waals surface area contributed by atoms with Crippen molar-refractivity contribution >= 4 is 17.6 Å². The third-order valence-electron chi connectivity index (χ3n) is 5.63. The Balaban J connectivity index is 1.41. The minimum atomic E-state index is -4.37. The van der Waals surface area contributed by atoms with E-state index >= 15 is 0 Å².